The second-order valence-electron chi connectivity index (χ2n) is 6.11. The van der Waals surface area contributed by atoms with Gasteiger partial charge in [0.2, 0.25) is 0 Å². The molecule has 0 spiro atoms. The minimum Gasteiger partial charge on any atom is -0.297 e. The molecule has 0 saturated heterocycles. The predicted molar refractivity (Wildman–Crippen MR) is 74.7 cm³/mol. The van der Waals surface area contributed by atoms with Crippen LogP contribution in [0.25, 0.3) is 0 Å². The summed E-state index contributed by atoms with van der Waals surface area (Å²) in [5.74, 6) is -1.14. The van der Waals surface area contributed by atoms with Crippen molar-refractivity contribution in [2.75, 3.05) is 14.1 Å². The van der Waals surface area contributed by atoms with Crippen LogP contribution < -0.4 is 0 Å². The number of ketones is 1. The Labute approximate surface area is 118 Å². The Morgan fingerprint density at radius 3 is 2.35 bits per heavy atom. The van der Waals surface area contributed by atoms with Gasteiger partial charge in [-0.05, 0) is 45.0 Å². The van der Waals surface area contributed by atoms with Gasteiger partial charge in [0.15, 0.2) is 5.78 Å². The van der Waals surface area contributed by atoms with Crippen LogP contribution in [0.3, 0.4) is 0 Å². The van der Waals surface area contributed by atoms with Crippen molar-refractivity contribution in [1.29, 1.82) is 0 Å². The lowest BCUT2D eigenvalue weighted by atomic mass is 9.71. The maximum absolute atomic E-state index is 13.4. The number of hydrogen-bond donors (Lipinski definition) is 0. The highest BCUT2D eigenvalue weighted by atomic mass is 19.1. The monoisotopic (exact) mass is 281 g/mol. The normalized spacial score (nSPS) is 26.8. The summed E-state index contributed by atoms with van der Waals surface area (Å²) in [6, 6.07) is 3.06. The van der Waals surface area contributed by atoms with Gasteiger partial charge in [-0.3, -0.25) is 9.69 Å². The van der Waals surface area contributed by atoms with Crippen LogP contribution >= 0.6 is 0 Å². The summed E-state index contributed by atoms with van der Waals surface area (Å²) in [5.41, 5.74) is -0.511. The molecule has 20 heavy (non-hydrogen) atoms. The Balaban J connectivity index is 2.41. The highest BCUT2D eigenvalue weighted by Gasteiger charge is 2.43. The molecule has 0 bridgehead atoms. The van der Waals surface area contributed by atoms with Crippen LogP contribution in [-0.4, -0.2) is 30.3 Å². The molecule has 1 aromatic carbocycles. The molecule has 2 atom stereocenters. The Kier molecular flexibility index (Phi) is 4.23. The van der Waals surface area contributed by atoms with Gasteiger partial charge in [0.1, 0.15) is 11.6 Å². The van der Waals surface area contributed by atoms with Gasteiger partial charge in [-0.2, -0.15) is 0 Å². The van der Waals surface area contributed by atoms with Crippen LogP contribution in [0, 0.1) is 17.6 Å². The van der Waals surface area contributed by atoms with Crippen LogP contribution in [0.4, 0.5) is 8.78 Å². The van der Waals surface area contributed by atoms with Crippen molar-refractivity contribution in [1.82, 2.24) is 4.90 Å². The molecule has 2 unspecified atom stereocenters. The van der Waals surface area contributed by atoms with Crippen LogP contribution in [-0.2, 0) is 0 Å². The molecule has 1 aromatic rings. The summed E-state index contributed by atoms with van der Waals surface area (Å²) in [4.78, 5) is 14.7. The van der Waals surface area contributed by atoms with Gasteiger partial charge < -0.3 is 0 Å². The predicted octanol–water partition coefficient (Wildman–Crippen LogP) is 3.66. The van der Waals surface area contributed by atoms with E-state index in [1.807, 2.05) is 19.0 Å². The van der Waals surface area contributed by atoms with Crippen LogP contribution in [0.15, 0.2) is 18.2 Å². The summed E-state index contributed by atoms with van der Waals surface area (Å²) in [6.45, 7) is 2.12. The van der Waals surface area contributed by atoms with Crippen LogP contribution in [0.5, 0.6) is 0 Å². The topological polar surface area (TPSA) is 20.3 Å². The van der Waals surface area contributed by atoms with E-state index >= 15 is 0 Å². The van der Waals surface area contributed by atoms with Crippen molar-refractivity contribution >= 4 is 5.78 Å². The molecule has 1 aliphatic carbocycles. The standard InChI is InChI=1S/C16H21F2NO/c1-11-5-4-6-16(10-11,19(2)3)15(20)12-7-13(17)9-14(18)8-12/h7-9,11H,4-6,10H2,1-3H3. The average Bonchev–Trinajstić information content (AvgIpc) is 2.36. The third-order valence-electron chi connectivity index (χ3n) is 4.38. The molecule has 0 aliphatic heterocycles. The number of likely N-dealkylation sites (N-methyl/N-ethyl adjacent to an activating group) is 1. The number of nitrogens with zero attached hydrogens (tertiary/aromatic N) is 1. The maximum Gasteiger partial charge on any atom is 0.183 e. The van der Waals surface area contributed by atoms with Crippen LogP contribution in [0.1, 0.15) is 43.0 Å². The van der Waals surface area contributed by atoms with Crippen molar-refractivity contribution < 1.29 is 13.6 Å². The Morgan fingerprint density at radius 1 is 1.25 bits per heavy atom. The number of carbonyl (C=O) groups excluding carboxylic acids is 1. The highest BCUT2D eigenvalue weighted by molar-refractivity contribution is 6.03. The van der Waals surface area contributed by atoms with E-state index in [0.717, 1.165) is 43.9 Å². The summed E-state index contributed by atoms with van der Waals surface area (Å²) in [7, 11) is 3.73. The molecule has 0 heterocycles. The molecule has 110 valence electrons. The van der Waals surface area contributed by atoms with Gasteiger partial charge in [0, 0.05) is 11.6 Å². The molecule has 0 amide bonds. The van der Waals surface area contributed by atoms with E-state index in [0.29, 0.717) is 5.92 Å². The van der Waals surface area contributed by atoms with Crippen LogP contribution in [0.2, 0.25) is 0 Å². The molecule has 1 fully saturated rings. The first-order chi connectivity index (χ1) is 9.35. The largest absolute Gasteiger partial charge is 0.297 e. The van der Waals surface area contributed by atoms with Gasteiger partial charge in [0.05, 0.1) is 5.54 Å². The summed E-state index contributed by atoms with van der Waals surface area (Å²) >= 11 is 0. The van der Waals surface area contributed by atoms with Crippen molar-refractivity contribution in [2.24, 2.45) is 5.92 Å². The molecule has 2 nitrogen and oxygen atoms in total. The van der Waals surface area contributed by atoms with E-state index < -0.39 is 17.2 Å². The highest BCUT2D eigenvalue weighted by Crippen LogP contribution is 2.38. The lowest BCUT2D eigenvalue weighted by molar-refractivity contribution is 0.0485. The Hall–Kier alpha value is -1.29. The molecule has 1 aliphatic rings. The third kappa shape index (κ3) is 2.75. The van der Waals surface area contributed by atoms with Crippen molar-refractivity contribution in [3.8, 4) is 0 Å². The molecule has 0 aromatic heterocycles. The van der Waals surface area contributed by atoms with Gasteiger partial charge in [0.25, 0.3) is 0 Å². The van der Waals surface area contributed by atoms with Crippen molar-refractivity contribution in [2.45, 2.75) is 38.1 Å². The SMILES string of the molecule is CC1CCCC(C(=O)c2cc(F)cc(F)c2)(N(C)C)C1. The summed E-state index contributed by atoms with van der Waals surface area (Å²) in [6.07, 6.45) is 3.53. The van der Waals surface area contributed by atoms with Gasteiger partial charge in [-0.25, -0.2) is 8.78 Å². The number of carbonyl (C=O) groups is 1. The number of halogens is 2. The summed E-state index contributed by atoms with van der Waals surface area (Å²) < 4.78 is 26.7. The zero-order chi connectivity index (χ0) is 14.9. The Morgan fingerprint density at radius 2 is 1.85 bits per heavy atom. The number of hydrogen-bond acceptors (Lipinski definition) is 2. The fourth-order valence-corrected chi connectivity index (χ4v) is 3.29. The third-order valence-corrected chi connectivity index (χ3v) is 4.38. The fraction of sp³-hybridized carbons (Fsp3) is 0.562. The molecule has 0 N–H and O–H groups in total. The minimum atomic E-state index is -0.703. The second-order valence-corrected chi connectivity index (χ2v) is 6.11. The van der Waals surface area contributed by atoms with E-state index in [2.05, 4.69) is 6.92 Å². The van der Waals surface area contributed by atoms with Crippen molar-refractivity contribution in [3.63, 3.8) is 0 Å². The second kappa shape index (κ2) is 5.60. The van der Waals surface area contributed by atoms with Crippen molar-refractivity contribution in [3.05, 3.63) is 35.4 Å². The van der Waals surface area contributed by atoms with E-state index in [-0.39, 0.29) is 11.3 Å². The average molecular weight is 281 g/mol. The zero-order valence-electron chi connectivity index (χ0n) is 12.2. The minimum absolute atomic E-state index is 0.130. The fourth-order valence-electron chi connectivity index (χ4n) is 3.29. The molecular weight excluding hydrogens is 260 g/mol. The van der Waals surface area contributed by atoms with Gasteiger partial charge in [-0.15, -0.1) is 0 Å². The molecule has 0 radical (unpaired) electrons. The first-order valence-corrected chi connectivity index (χ1v) is 7.03. The number of benzene rings is 1. The first-order valence-electron chi connectivity index (χ1n) is 7.03. The molecule has 2 rings (SSSR count). The molecule has 1 saturated carbocycles. The van der Waals surface area contributed by atoms with E-state index in [1.54, 1.807) is 0 Å². The first kappa shape index (κ1) is 15.1. The number of rotatable bonds is 3. The maximum atomic E-state index is 13.4. The van der Waals surface area contributed by atoms with Gasteiger partial charge in [-0.1, -0.05) is 19.8 Å². The lowest BCUT2D eigenvalue weighted by Gasteiger charge is -2.43. The van der Waals surface area contributed by atoms with E-state index in [4.69, 9.17) is 0 Å². The zero-order valence-corrected chi connectivity index (χ0v) is 12.2. The van der Waals surface area contributed by atoms with Gasteiger partial charge >= 0.3 is 0 Å². The van der Waals surface area contributed by atoms with E-state index in [9.17, 15) is 13.6 Å². The molecular formula is C16H21F2NO. The molecule has 4 heteroatoms. The summed E-state index contributed by atoms with van der Waals surface area (Å²) in [5, 5.41) is 0. The smallest absolute Gasteiger partial charge is 0.183 e. The quantitative estimate of drug-likeness (QED) is 0.788. The Bertz CT molecular complexity index is 495. The lowest BCUT2D eigenvalue weighted by Crippen LogP contribution is -2.53. The number of Topliss-reactive ketones (excluding diaryl/α,β-unsaturated/α-hetero) is 1. The van der Waals surface area contributed by atoms with E-state index in [1.165, 1.54) is 0 Å².